The van der Waals surface area contributed by atoms with Crippen molar-refractivity contribution in [3.8, 4) is 39.6 Å². The predicted molar refractivity (Wildman–Crippen MR) is 265 cm³/mol. The van der Waals surface area contributed by atoms with E-state index in [1.54, 1.807) is 0 Å². The van der Waals surface area contributed by atoms with Gasteiger partial charge in [-0.15, -0.1) is 0 Å². The Morgan fingerprint density at radius 2 is 0.844 bits per heavy atom. The normalized spacial score (nSPS) is 12.9. The maximum atomic E-state index is 9.45. The van der Waals surface area contributed by atoms with Gasteiger partial charge in [0.25, 0.3) is 0 Å². The van der Waals surface area contributed by atoms with Crippen LogP contribution in [0.15, 0.2) is 223 Å². The lowest BCUT2D eigenvalue weighted by Crippen LogP contribution is -2.06. The zero-order valence-electron chi connectivity index (χ0n) is 38.2. The van der Waals surface area contributed by atoms with E-state index in [-0.39, 0.29) is 24.2 Å². The minimum atomic E-state index is -0.301. The molecule has 5 aromatic heterocycles. The highest BCUT2D eigenvalue weighted by atomic mass is 16.3. The Morgan fingerprint density at radius 3 is 1.45 bits per heavy atom. The van der Waals surface area contributed by atoms with Crippen LogP contribution in [0, 0.1) is 0 Å². The van der Waals surface area contributed by atoms with Gasteiger partial charge in [0.1, 0.15) is 22.8 Å². The Balaban J connectivity index is 1.16. The molecule has 5 heteroatoms. The molecule has 0 amide bonds. The molecule has 0 bridgehead atoms. The monoisotopic (exact) mass is 820 g/mol. The van der Waals surface area contributed by atoms with Gasteiger partial charge in [0.15, 0.2) is 0 Å². The average molecular weight is 821 g/mol. The molecule has 0 radical (unpaired) electrons. The molecule has 0 unspecified atom stereocenters. The lowest BCUT2D eigenvalue weighted by Gasteiger charge is -2.20. The van der Waals surface area contributed by atoms with Crippen LogP contribution in [0.2, 0.25) is 0 Å². The first-order valence-electron chi connectivity index (χ1n) is 23.5. The number of rotatable bonds is 5. The molecular weight excluding hydrogens is 781 g/mol. The Kier molecular flexibility index (Phi) is 6.54. The number of fused-ring (bicyclic) bond motifs is 12. The van der Waals surface area contributed by atoms with E-state index in [0.29, 0.717) is 27.9 Å². The zero-order valence-corrected chi connectivity index (χ0v) is 34.2. The van der Waals surface area contributed by atoms with Crippen molar-refractivity contribution in [2.75, 3.05) is 0 Å². The Morgan fingerprint density at radius 1 is 0.359 bits per heavy atom. The van der Waals surface area contributed by atoms with Crippen molar-refractivity contribution in [3.63, 3.8) is 0 Å². The average Bonchev–Trinajstić information content (AvgIpc) is 4.13. The molecule has 64 heavy (non-hydrogen) atoms. The number of para-hydroxylation sites is 7. The second-order valence-electron chi connectivity index (χ2n) is 16.4. The van der Waals surface area contributed by atoms with Crippen LogP contribution in [0.3, 0.4) is 0 Å². The number of hydrogen-bond donors (Lipinski definition) is 0. The van der Waals surface area contributed by atoms with Crippen LogP contribution in [-0.4, -0.2) is 18.7 Å². The molecule has 0 spiro atoms. The first kappa shape index (κ1) is 31.2. The van der Waals surface area contributed by atoms with Gasteiger partial charge < -0.3 is 8.98 Å². The van der Waals surface area contributed by atoms with Crippen LogP contribution in [0.4, 0.5) is 0 Å². The van der Waals surface area contributed by atoms with E-state index < -0.39 is 0 Å². The van der Waals surface area contributed by atoms with Gasteiger partial charge in [-0.3, -0.25) is 9.13 Å². The lowest BCUT2D eigenvalue weighted by atomic mass is 9.92. The van der Waals surface area contributed by atoms with Crippen molar-refractivity contribution in [1.82, 2.24) is 18.7 Å². The van der Waals surface area contributed by atoms with Crippen molar-refractivity contribution in [1.29, 1.82) is 0 Å². The van der Waals surface area contributed by atoms with Crippen LogP contribution in [0.5, 0.6) is 0 Å². The van der Waals surface area contributed by atoms with E-state index in [0.717, 1.165) is 99.0 Å². The molecular formula is C59H36N4O. The second-order valence-corrected chi connectivity index (χ2v) is 16.4. The molecule has 298 valence electrons. The van der Waals surface area contributed by atoms with E-state index in [9.17, 15) is 2.74 Å². The molecule has 5 heterocycles. The number of benzene rings is 9. The van der Waals surface area contributed by atoms with Crippen molar-refractivity contribution < 1.29 is 9.90 Å². The van der Waals surface area contributed by atoms with Crippen LogP contribution in [0.25, 0.3) is 127 Å². The van der Waals surface area contributed by atoms with Gasteiger partial charge in [0.2, 0.25) is 0 Å². The second kappa shape index (κ2) is 13.4. The van der Waals surface area contributed by atoms with Crippen LogP contribution in [0.1, 0.15) is 5.48 Å². The Bertz CT molecular complexity index is 4350. The number of pyridine rings is 1. The van der Waals surface area contributed by atoms with Gasteiger partial charge in [-0.25, -0.2) is 4.98 Å². The fraction of sp³-hybridized carbons (Fsp3) is 0. The van der Waals surface area contributed by atoms with Gasteiger partial charge in [0.05, 0.1) is 44.3 Å². The van der Waals surface area contributed by atoms with Gasteiger partial charge in [0, 0.05) is 48.7 Å². The summed E-state index contributed by atoms with van der Waals surface area (Å²) in [4.78, 5) is 5.58. The van der Waals surface area contributed by atoms with Crippen molar-refractivity contribution in [2.45, 2.75) is 0 Å². The SMILES string of the molecule is [2H]c1c([2H])c([2H])c2c(c1[2H])c1ccccc1n2-c1cc(-c2c(-c3ccc4c(c3)oc3ccccc34)cccc2-n2c3ccccc3c3ccccc32)cc(-n2c3ccccc3c3ccccc32)n1. The van der Waals surface area contributed by atoms with Gasteiger partial charge in [-0.1, -0.05) is 146 Å². The molecule has 5 nitrogen and oxygen atoms in total. The van der Waals surface area contributed by atoms with Gasteiger partial charge in [-0.2, -0.15) is 0 Å². The van der Waals surface area contributed by atoms with Crippen LogP contribution < -0.4 is 0 Å². The third kappa shape index (κ3) is 4.98. The summed E-state index contributed by atoms with van der Waals surface area (Å²) in [6.45, 7) is 0. The first-order chi connectivity index (χ1) is 33.4. The highest BCUT2D eigenvalue weighted by Crippen LogP contribution is 2.44. The van der Waals surface area contributed by atoms with Gasteiger partial charge in [-0.05, 0) is 89.5 Å². The summed E-state index contributed by atoms with van der Waals surface area (Å²) in [7, 11) is 0. The maximum absolute atomic E-state index is 9.45. The number of aromatic nitrogens is 4. The number of nitrogens with zero attached hydrogens (tertiary/aromatic N) is 4. The molecule has 0 saturated heterocycles. The quantitative estimate of drug-likeness (QED) is 0.174. The van der Waals surface area contributed by atoms with E-state index in [2.05, 4.69) is 161 Å². The van der Waals surface area contributed by atoms with E-state index in [1.807, 2.05) is 47.0 Å². The summed E-state index contributed by atoms with van der Waals surface area (Å²) in [5, 5.41) is 7.73. The summed E-state index contributed by atoms with van der Waals surface area (Å²) in [5.74, 6) is 1.16. The smallest absolute Gasteiger partial charge is 0.140 e. The third-order valence-corrected chi connectivity index (χ3v) is 13.0. The largest absolute Gasteiger partial charge is 0.456 e. The molecule has 0 aliphatic heterocycles. The summed E-state index contributed by atoms with van der Waals surface area (Å²) in [5.41, 5.74) is 11.5. The van der Waals surface area contributed by atoms with E-state index in [4.69, 9.17) is 12.1 Å². The first-order valence-corrected chi connectivity index (χ1v) is 21.5. The molecule has 0 atom stereocenters. The fourth-order valence-corrected chi connectivity index (χ4v) is 10.3. The molecule has 9 aromatic carbocycles. The summed E-state index contributed by atoms with van der Waals surface area (Å²) in [6.07, 6.45) is 0. The maximum Gasteiger partial charge on any atom is 0.140 e. The summed E-state index contributed by atoms with van der Waals surface area (Å²) < 4.78 is 49.4. The minimum Gasteiger partial charge on any atom is -0.456 e. The molecule has 14 rings (SSSR count). The highest BCUT2D eigenvalue weighted by molar-refractivity contribution is 6.13. The van der Waals surface area contributed by atoms with Crippen molar-refractivity contribution in [3.05, 3.63) is 218 Å². The predicted octanol–water partition coefficient (Wildman–Crippen LogP) is 15.6. The molecule has 0 aliphatic rings. The van der Waals surface area contributed by atoms with Gasteiger partial charge >= 0.3 is 0 Å². The minimum absolute atomic E-state index is 0.0882. The van der Waals surface area contributed by atoms with E-state index >= 15 is 0 Å². The van der Waals surface area contributed by atoms with Crippen LogP contribution in [-0.2, 0) is 0 Å². The number of hydrogen-bond acceptors (Lipinski definition) is 2. The highest BCUT2D eigenvalue weighted by Gasteiger charge is 2.24. The fourth-order valence-electron chi connectivity index (χ4n) is 10.3. The van der Waals surface area contributed by atoms with Crippen LogP contribution >= 0.6 is 0 Å². The standard InChI is InChI=1S/C59H36N4O/c1-8-24-48-40(16-1)41-17-2-9-25-49(41)61(48)54-30-15-23-39(37-32-33-47-46-22-7-14-31-55(46)64-56(47)34-37)59(54)38-35-57(62-50-26-10-3-18-42(50)43-19-4-11-27-51(43)62)60-58(36-38)63-52-28-12-5-20-44(52)45-21-6-13-29-53(45)63/h1-36H/i3D,10D,18D,26D. The Labute approximate surface area is 372 Å². The Hall–Kier alpha value is -8.67. The topological polar surface area (TPSA) is 40.8 Å². The molecule has 0 fully saturated rings. The zero-order chi connectivity index (χ0) is 45.4. The van der Waals surface area contributed by atoms with Crippen molar-refractivity contribution >= 4 is 87.4 Å². The van der Waals surface area contributed by atoms with Crippen molar-refractivity contribution in [2.24, 2.45) is 0 Å². The molecule has 0 N–H and O–H groups in total. The lowest BCUT2D eigenvalue weighted by molar-refractivity contribution is 0.669. The summed E-state index contributed by atoms with van der Waals surface area (Å²) in [6, 6.07) is 66.2. The molecule has 14 aromatic rings. The molecule has 0 saturated carbocycles. The molecule has 0 aliphatic carbocycles. The number of furan rings is 1. The summed E-state index contributed by atoms with van der Waals surface area (Å²) >= 11 is 0. The van der Waals surface area contributed by atoms with E-state index in [1.165, 1.54) is 0 Å². The third-order valence-electron chi connectivity index (χ3n) is 13.0.